The Labute approximate surface area is 91.1 Å². The average molecular weight is 236 g/mol. The third-order valence-corrected chi connectivity index (χ3v) is 1.89. The second-order valence-electron chi connectivity index (χ2n) is 3.23. The number of amides is 1. The van der Waals surface area contributed by atoms with Gasteiger partial charge in [0.15, 0.2) is 0 Å². The molecule has 0 bridgehead atoms. The number of carbonyl (C=O) groups is 2. The van der Waals surface area contributed by atoms with Gasteiger partial charge in [-0.15, -0.1) is 0 Å². The monoisotopic (exact) mass is 236 g/mol. The predicted octanol–water partition coefficient (Wildman–Crippen LogP) is -4.68. The lowest BCUT2D eigenvalue weighted by molar-refractivity contribution is -0.311. The van der Waals surface area contributed by atoms with Crippen LogP contribution in [0.25, 0.3) is 0 Å². The fourth-order valence-corrected chi connectivity index (χ4v) is 1.04. The maximum atomic E-state index is 10.6. The number of nitrogens with one attached hydrogen (secondary N) is 1. The zero-order chi connectivity index (χ0) is 12.9. The molecule has 16 heavy (non-hydrogen) atoms. The minimum atomic E-state index is -1.99. The van der Waals surface area contributed by atoms with Crippen LogP contribution in [0.3, 0.4) is 0 Å². The van der Waals surface area contributed by atoms with Crippen molar-refractivity contribution in [1.29, 1.82) is 0 Å². The van der Waals surface area contributed by atoms with Gasteiger partial charge in [0.1, 0.15) is 18.3 Å². The van der Waals surface area contributed by atoms with Crippen LogP contribution >= 0.6 is 0 Å². The van der Waals surface area contributed by atoms with Crippen molar-refractivity contribution in [2.24, 2.45) is 0 Å². The van der Waals surface area contributed by atoms with Crippen LogP contribution in [0.5, 0.6) is 0 Å². The molecule has 0 heterocycles. The van der Waals surface area contributed by atoms with E-state index < -0.39 is 42.8 Å². The molecule has 1 amide bonds. The highest BCUT2D eigenvalue weighted by Crippen LogP contribution is 2.04. The van der Waals surface area contributed by atoms with E-state index in [0.717, 1.165) is 6.92 Å². The molecule has 0 fully saturated rings. The van der Waals surface area contributed by atoms with Crippen molar-refractivity contribution in [1.82, 2.24) is 5.32 Å². The van der Waals surface area contributed by atoms with Crippen LogP contribution in [0, 0.1) is 0 Å². The number of hydrogen-bond donors (Lipinski definition) is 5. The van der Waals surface area contributed by atoms with Gasteiger partial charge in [0.25, 0.3) is 0 Å². The Bertz CT molecular complexity index is 257. The molecule has 0 saturated heterocycles. The smallest absolute Gasteiger partial charge is 0.217 e. The minimum Gasteiger partial charge on any atom is -0.548 e. The van der Waals surface area contributed by atoms with E-state index in [1.165, 1.54) is 0 Å². The molecular weight excluding hydrogens is 222 g/mol. The number of carbonyl (C=O) groups excluding carboxylic acids is 2. The fourth-order valence-electron chi connectivity index (χ4n) is 1.04. The first-order valence-corrected chi connectivity index (χ1v) is 4.44. The highest BCUT2D eigenvalue weighted by Gasteiger charge is 2.32. The molecule has 0 unspecified atom stereocenters. The Hall–Kier alpha value is -1.22. The molecule has 8 heteroatoms. The topological polar surface area (TPSA) is 150 Å². The quantitative estimate of drug-likeness (QED) is 0.311. The number of hydrogen-bond acceptors (Lipinski definition) is 7. The van der Waals surface area contributed by atoms with Crippen molar-refractivity contribution >= 4 is 11.9 Å². The second kappa shape index (κ2) is 6.38. The molecule has 4 atom stereocenters. The number of carboxylic acids is 1. The first kappa shape index (κ1) is 14.8. The van der Waals surface area contributed by atoms with Crippen molar-refractivity contribution < 1.29 is 35.1 Å². The summed E-state index contributed by atoms with van der Waals surface area (Å²) in [7, 11) is 0. The molecule has 0 spiro atoms. The Balaban J connectivity index is 4.66. The number of aliphatic hydroxyl groups excluding tert-OH is 4. The SMILES string of the molecule is CC(=O)N[C@@H](C(=O)[O-])[C@@H](O)[C@@H](O)[C@H](O)CO. The van der Waals surface area contributed by atoms with Crippen molar-refractivity contribution in [2.75, 3.05) is 6.61 Å². The Morgan fingerprint density at radius 1 is 1.25 bits per heavy atom. The zero-order valence-corrected chi connectivity index (χ0v) is 8.53. The van der Waals surface area contributed by atoms with Gasteiger partial charge in [-0.2, -0.15) is 0 Å². The van der Waals surface area contributed by atoms with Crippen LogP contribution in [0.4, 0.5) is 0 Å². The summed E-state index contributed by atoms with van der Waals surface area (Å²) in [5.74, 6) is -2.56. The maximum Gasteiger partial charge on any atom is 0.217 e. The lowest BCUT2D eigenvalue weighted by atomic mass is 10.0. The highest BCUT2D eigenvalue weighted by molar-refractivity contribution is 5.81. The van der Waals surface area contributed by atoms with E-state index in [-0.39, 0.29) is 0 Å². The van der Waals surface area contributed by atoms with Gasteiger partial charge in [0, 0.05) is 6.92 Å². The zero-order valence-electron chi connectivity index (χ0n) is 8.53. The molecule has 94 valence electrons. The summed E-state index contributed by atoms with van der Waals surface area (Å²) in [4.78, 5) is 21.2. The van der Waals surface area contributed by atoms with Gasteiger partial charge < -0.3 is 35.6 Å². The van der Waals surface area contributed by atoms with E-state index in [0.29, 0.717) is 0 Å². The third kappa shape index (κ3) is 4.11. The van der Waals surface area contributed by atoms with Gasteiger partial charge in [-0.05, 0) is 0 Å². The molecule has 0 aliphatic rings. The Kier molecular flexibility index (Phi) is 5.89. The minimum absolute atomic E-state index is 0.751. The van der Waals surface area contributed by atoms with Crippen LogP contribution in [0.2, 0.25) is 0 Å². The third-order valence-electron chi connectivity index (χ3n) is 1.89. The van der Waals surface area contributed by atoms with Crippen molar-refractivity contribution in [2.45, 2.75) is 31.3 Å². The van der Waals surface area contributed by atoms with Crippen LogP contribution in [-0.4, -0.2) is 63.3 Å². The van der Waals surface area contributed by atoms with E-state index >= 15 is 0 Å². The first-order valence-electron chi connectivity index (χ1n) is 4.44. The lowest BCUT2D eigenvalue weighted by Gasteiger charge is -2.29. The summed E-state index contributed by atoms with van der Waals surface area (Å²) in [5.41, 5.74) is 0. The normalized spacial score (nSPS) is 18.3. The molecule has 8 nitrogen and oxygen atoms in total. The van der Waals surface area contributed by atoms with Gasteiger partial charge in [0.05, 0.1) is 18.6 Å². The van der Waals surface area contributed by atoms with E-state index in [1.54, 1.807) is 0 Å². The van der Waals surface area contributed by atoms with Crippen LogP contribution < -0.4 is 10.4 Å². The molecule has 0 aliphatic heterocycles. The molecule has 0 radical (unpaired) electrons. The largest absolute Gasteiger partial charge is 0.548 e. The summed E-state index contributed by atoms with van der Waals surface area (Å²) in [6.45, 7) is 0.148. The number of aliphatic hydroxyl groups is 4. The van der Waals surface area contributed by atoms with Crippen molar-refractivity contribution in [3.05, 3.63) is 0 Å². The van der Waals surface area contributed by atoms with E-state index in [9.17, 15) is 24.9 Å². The lowest BCUT2D eigenvalue weighted by Crippen LogP contribution is -2.59. The van der Waals surface area contributed by atoms with Gasteiger partial charge in [-0.3, -0.25) is 4.79 Å². The molecule has 5 N–H and O–H groups in total. The van der Waals surface area contributed by atoms with Gasteiger partial charge >= 0.3 is 0 Å². The predicted molar refractivity (Wildman–Crippen MR) is 47.7 cm³/mol. The van der Waals surface area contributed by atoms with E-state index in [2.05, 4.69) is 0 Å². The van der Waals surface area contributed by atoms with Crippen LogP contribution in [0.1, 0.15) is 6.92 Å². The van der Waals surface area contributed by atoms with Gasteiger partial charge in [-0.1, -0.05) is 0 Å². The summed E-state index contributed by atoms with van der Waals surface area (Å²) in [6, 6.07) is -1.87. The molecule has 0 aliphatic carbocycles. The molecule has 0 rings (SSSR count). The standard InChI is InChI=1S/C8H15NO7/c1-3(11)9-5(8(15)16)7(14)6(13)4(12)2-10/h4-7,10,12-14H,2H2,1H3,(H,9,11)(H,15,16)/p-1/t4-,5-,6+,7-/m1/s1. The summed E-state index contributed by atoms with van der Waals surface area (Å²) in [5, 5.41) is 48.4. The first-order chi connectivity index (χ1) is 7.31. The van der Waals surface area contributed by atoms with Crippen LogP contribution in [-0.2, 0) is 9.59 Å². The molecule has 0 aromatic heterocycles. The fraction of sp³-hybridized carbons (Fsp3) is 0.750. The van der Waals surface area contributed by atoms with Crippen LogP contribution in [0.15, 0.2) is 0 Å². The van der Waals surface area contributed by atoms with Gasteiger partial charge in [-0.25, -0.2) is 0 Å². The molecule has 0 aromatic rings. The molecule has 0 saturated carbocycles. The molecular formula is C8H14NO7-. The Morgan fingerprint density at radius 2 is 1.75 bits per heavy atom. The van der Waals surface area contributed by atoms with Gasteiger partial charge in [0.2, 0.25) is 5.91 Å². The highest BCUT2D eigenvalue weighted by atomic mass is 16.4. The van der Waals surface area contributed by atoms with Crippen molar-refractivity contribution in [3.8, 4) is 0 Å². The van der Waals surface area contributed by atoms with Crippen molar-refractivity contribution in [3.63, 3.8) is 0 Å². The Morgan fingerprint density at radius 3 is 2.06 bits per heavy atom. The summed E-state index contributed by atoms with van der Waals surface area (Å²) >= 11 is 0. The number of rotatable bonds is 6. The van der Waals surface area contributed by atoms with E-state index in [1.807, 2.05) is 5.32 Å². The maximum absolute atomic E-state index is 10.6. The second-order valence-corrected chi connectivity index (χ2v) is 3.23. The summed E-state index contributed by atoms with van der Waals surface area (Å²) < 4.78 is 0. The number of aliphatic carboxylic acids is 1. The average Bonchev–Trinajstić information content (AvgIpc) is 2.22. The number of carboxylic acid groups (broad SMARTS) is 1. The molecule has 0 aromatic carbocycles. The van der Waals surface area contributed by atoms with E-state index in [4.69, 9.17) is 10.2 Å². The summed E-state index contributed by atoms with van der Waals surface area (Å²) in [6.07, 6.45) is -5.62.